The lowest BCUT2D eigenvalue weighted by Crippen LogP contribution is -2.30. The number of nitrogens with one attached hydrogen (secondary N) is 1. The third-order valence-corrected chi connectivity index (χ3v) is 5.65. The molecule has 2 aromatic carbocycles. The Bertz CT molecular complexity index is 959. The second-order valence-electron chi connectivity index (χ2n) is 5.80. The summed E-state index contributed by atoms with van der Waals surface area (Å²) in [7, 11) is -3.74. The van der Waals surface area contributed by atoms with Crippen LogP contribution in [0.3, 0.4) is 0 Å². The minimum atomic E-state index is -3.74. The van der Waals surface area contributed by atoms with Crippen molar-refractivity contribution in [3.8, 4) is 0 Å². The summed E-state index contributed by atoms with van der Waals surface area (Å²) >= 11 is 0. The highest BCUT2D eigenvalue weighted by molar-refractivity contribution is 7.94. The molecule has 0 aliphatic carbocycles. The van der Waals surface area contributed by atoms with E-state index in [1.165, 1.54) is 42.5 Å². The molecule has 8 heteroatoms. The summed E-state index contributed by atoms with van der Waals surface area (Å²) in [5.74, 6) is -2.44. The Morgan fingerprint density at radius 2 is 1.92 bits per heavy atom. The van der Waals surface area contributed by atoms with Crippen LogP contribution in [-0.2, 0) is 14.8 Å². The maximum atomic E-state index is 13.2. The van der Waals surface area contributed by atoms with Gasteiger partial charge in [0.05, 0.1) is 17.4 Å². The van der Waals surface area contributed by atoms with E-state index in [-0.39, 0.29) is 22.7 Å². The molecule has 0 spiro atoms. The maximum absolute atomic E-state index is 13.2. The summed E-state index contributed by atoms with van der Waals surface area (Å²) in [4.78, 5) is 24.4. The fraction of sp³-hybridized carbons (Fsp3) is 0.176. The van der Waals surface area contributed by atoms with E-state index in [4.69, 9.17) is 0 Å². The molecule has 2 aromatic rings. The topological polar surface area (TPSA) is 83.6 Å². The number of amides is 2. The lowest BCUT2D eigenvalue weighted by molar-refractivity contribution is -0.119. The monoisotopic (exact) mass is 362 g/mol. The highest BCUT2D eigenvalue weighted by Crippen LogP contribution is 2.28. The predicted octanol–water partition coefficient (Wildman–Crippen LogP) is 2.39. The largest absolute Gasteiger partial charge is 0.322 e. The van der Waals surface area contributed by atoms with Crippen molar-refractivity contribution < 1.29 is 22.4 Å². The van der Waals surface area contributed by atoms with Crippen LogP contribution >= 0.6 is 0 Å². The van der Waals surface area contributed by atoms with E-state index < -0.39 is 33.6 Å². The number of carbonyl (C=O) groups is 2. The number of sulfonamides is 1. The molecule has 1 unspecified atom stereocenters. The molecule has 1 aliphatic rings. The van der Waals surface area contributed by atoms with Gasteiger partial charge in [-0.15, -0.1) is 0 Å². The number of carbonyl (C=O) groups excluding carboxylic acids is 2. The molecule has 0 bridgehead atoms. The lowest BCUT2D eigenvalue weighted by Gasteiger charge is -2.16. The molecule has 3 rings (SSSR count). The summed E-state index contributed by atoms with van der Waals surface area (Å²) in [5.41, 5.74) is 0.541. The average molecular weight is 362 g/mol. The molecular formula is C17H15FN2O4S. The minimum Gasteiger partial charge on any atom is -0.322 e. The van der Waals surface area contributed by atoms with E-state index in [1.807, 2.05) is 0 Å². The molecule has 2 amide bonds. The SMILES string of the molecule is CC1CS(=O)(=O)N(c2cccc(C(=O)Nc3cccc(F)c3)c2)C1=O. The zero-order chi connectivity index (χ0) is 18.2. The first-order valence-corrected chi connectivity index (χ1v) is 9.13. The molecule has 25 heavy (non-hydrogen) atoms. The first kappa shape index (κ1) is 17.1. The molecule has 6 nitrogen and oxygen atoms in total. The number of anilines is 2. The summed E-state index contributed by atoms with van der Waals surface area (Å²) in [6, 6.07) is 11.1. The van der Waals surface area contributed by atoms with Gasteiger partial charge >= 0.3 is 0 Å². The van der Waals surface area contributed by atoms with E-state index in [0.717, 1.165) is 10.4 Å². The molecule has 1 atom stereocenters. The molecule has 0 aromatic heterocycles. The van der Waals surface area contributed by atoms with Gasteiger partial charge in [-0.2, -0.15) is 0 Å². The smallest absolute Gasteiger partial charge is 0.255 e. The zero-order valence-electron chi connectivity index (χ0n) is 13.3. The molecule has 1 N–H and O–H groups in total. The van der Waals surface area contributed by atoms with E-state index in [2.05, 4.69) is 5.32 Å². The van der Waals surface area contributed by atoms with Crippen LogP contribution in [0.2, 0.25) is 0 Å². The molecule has 1 fully saturated rings. The van der Waals surface area contributed by atoms with Gasteiger partial charge in [-0.25, -0.2) is 17.1 Å². The van der Waals surface area contributed by atoms with Crippen LogP contribution in [0, 0.1) is 11.7 Å². The highest BCUT2D eigenvalue weighted by atomic mass is 32.2. The molecule has 0 radical (unpaired) electrons. The Kier molecular flexibility index (Phi) is 4.30. The van der Waals surface area contributed by atoms with Gasteiger partial charge in [0.25, 0.3) is 5.91 Å². The number of hydrogen-bond acceptors (Lipinski definition) is 4. The van der Waals surface area contributed by atoms with Crippen LogP contribution in [0.1, 0.15) is 17.3 Å². The van der Waals surface area contributed by atoms with Crippen molar-refractivity contribution in [2.24, 2.45) is 5.92 Å². The fourth-order valence-corrected chi connectivity index (χ4v) is 4.44. The summed E-state index contributed by atoms with van der Waals surface area (Å²) in [6.07, 6.45) is 0. The molecule has 130 valence electrons. The van der Waals surface area contributed by atoms with Gasteiger partial charge in [0.1, 0.15) is 5.82 Å². The number of rotatable bonds is 3. The fourth-order valence-electron chi connectivity index (χ4n) is 2.63. The molecule has 1 heterocycles. The molecule has 1 saturated heterocycles. The van der Waals surface area contributed by atoms with Gasteiger partial charge in [-0.3, -0.25) is 9.59 Å². The van der Waals surface area contributed by atoms with Crippen molar-refractivity contribution in [3.05, 3.63) is 59.9 Å². The van der Waals surface area contributed by atoms with Crippen LogP contribution < -0.4 is 9.62 Å². The van der Waals surface area contributed by atoms with E-state index in [9.17, 15) is 22.4 Å². The first-order valence-electron chi connectivity index (χ1n) is 7.52. The Hall–Kier alpha value is -2.74. The van der Waals surface area contributed by atoms with Gasteiger partial charge in [0, 0.05) is 11.3 Å². The number of hydrogen-bond donors (Lipinski definition) is 1. The normalized spacial score (nSPS) is 19.0. The summed E-state index contributed by atoms with van der Waals surface area (Å²) in [5, 5.41) is 2.53. The average Bonchev–Trinajstić information content (AvgIpc) is 2.75. The van der Waals surface area contributed by atoms with Crippen LogP contribution in [0.5, 0.6) is 0 Å². The molecular weight excluding hydrogens is 347 g/mol. The van der Waals surface area contributed by atoms with Crippen LogP contribution in [-0.4, -0.2) is 26.0 Å². The highest BCUT2D eigenvalue weighted by Gasteiger charge is 2.42. The Morgan fingerprint density at radius 3 is 2.56 bits per heavy atom. The second-order valence-corrected chi connectivity index (χ2v) is 7.66. The third-order valence-electron chi connectivity index (χ3n) is 3.79. The molecule has 0 saturated carbocycles. The van der Waals surface area contributed by atoms with Crippen LogP contribution in [0.15, 0.2) is 48.5 Å². The van der Waals surface area contributed by atoms with E-state index in [0.29, 0.717) is 0 Å². The maximum Gasteiger partial charge on any atom is 0.255 e. The van der Waals surface area contributed by atoms with Crippen LogP contribution in [0.25, 0.3) is 0 Å². The van der Waals surface area contributed by atoms with Crippen LogP contribution in [0.4, 0.5) is 15.8 Å². The molecule has 1 aliphatic heterocycles. The predicted molar refractivity (Wildman–Crippen MR) is 91.2 cm³/mol. The van der Waals surface area contributed by atoms with E-state index in [1.54, 1.807) is 6.92 Å². The first-order chi connectivity index (χ1) is 11.8. The minimum absolute atomic E-state index is 0.112. The number of halogens is 1. The third kappa shape index (κ3) is 3.39. The second kappa shape index (κ2) is 6.29. The van der Waals surface area contributed by atoms with Crippen molar-refractivity contribution >= 4 is 33.2 Å². The summed E-state index contributed by atoms with van der Waals surface area (Å²) in [6.45, 7) is 1.54. The Balaban J connectivity index is 1.89. The Labute approximate surface area is 144 Å². The van der Waals surface area contributed by atoms with Gasteiger partial charge in [0.15, 0.2) is 0 Å². The van der Waals surface area contributed by atoms with Gasteiger partial charge in [-0.1, -0.05) is 19.1 Å². The quantitative estimate of drug-likeness (QED) is 0.909. The van der Waals surface area contributed by atoms with Gasteiger partial charge in [0.2, 0.25) is 15.9 Å². The standard InChI is InChI=1S/C17H15FN2O4S/c1-11-10-25(23,24)20(17(11)22)15-7-2-4-12(8-15)16(21)19-14-6-3-5-13(18)9-14/h2-9,11H,10H2,1H3,(H,19,21). The summed E-state index contributed by atoms with van der Waals surface area (Å²) < 4.78 is 38.2. The lowest BCUT2D eigenvalue weighted by atomic mass is 10.1. The zero-order valence-corrected chi connectivity index (χ0v) is 14.1. The van der Waals surface area contributed by atoms with Gasteiger partial charge in [-0.05, 0) is 36.4 Å². The van der Waals surface area contributed by atoms with Gasteiger partial charge < -0.3 is 5.32 Å². The number of nitrogens with zero attached hydrogens (tertiary/aromatic N) is 1. The van der Waals surface area contributed by atoms with Crippen molar-refractivity contribution in [2.45, 2.75) is 6.92 Å². The van der Waals surface area contributed by atoms with E-state index >= 15 is 0 Å². The number of benzene rings is 2. The van der Waals surface area contributed by atoms with Crippen molar-refractivity contribution in [3.63, 3.8) is 0 Å². The van der Waals surface area contributed by atoms with Crippen molar-refractivity contribution in [1.29, 1.82) is 0 Å². The van der Waals surface area contributed by atoms with Crippen molar-refractivity contribution in [1.82, 2.24) is 0 Å². The Morgan fingerprint density at radius 1 is 1.20 bits per heavy atom. The van der Waals surface area contributed by atoms with Crippen molar-refractivity contribution in [2.75, 3.05) is 15.4 Å².